The van der Waals surface area contributed by atoms with Crippen LogP contribution in [0.1, 0.15) is 5.69 Å². The van der Waals surface area contributed by atoms with E-state index in [0.717, 1.165) is 0 Å². The van der Waals surface area contributed by atoms with Crippen molar-refractivity contribution in [3.63, 3.8) is 0 Å². The maximum absolute atomic E-state index is 5.90. The Kier molecular flexibility index (Phi) is 2.09. The lowest BCUT2D eigenvalue weighted by Gasteiger charge is -2.00. The lowest BCUT2D eigenvalue weighted by Crippen LogP contribution is -2.03. The molecule has 0 aliphatic carbocycles. The second-order valence-electron chi connectivity index (χ2n) is 2.76. The van der Waals surface area contributed by atoms with Crippen molar-refractivity contribution in [1.82, 2.24) is 19.7 Å². The molecule has 0 radical (unpaired) electrons. The van der Waals surface area contributed by atoms with E-state index in [0.29, 0.717) is 22.4 Å². The molecular weight excluding hydrogens is 202 g/mol. The van der Waals surface area contributed by atoms with Crippen molar-refractivity contribution < 1.29 is 0 Å². The SMILES string of the molecule is Cc1nn(-c2ccncn2)c(N)c1Cl. The molecule has 2 aromatic heterocycles. The topological polar surface area (TPSA) is 69.6 Å². The van der Waals surface area contributed by atoms with Gasteiger partial charge in [-0.15, -0.1) is 0 Å². The van der Waals surface area contributed by atoms with E-state index >= 15 is 0 Å². The van der Waals surface area contributed by atoms with Gasteiger partial charge in [0.15, 0.2) is 5.82 Å². The van der Waals surface area contributed by atoms with E-state index < -0.39 is 0 Å². The van der Waals surface area contributed by atoms with Crippen LogP contribution in [0.4, 0.5) is 5.82 Å². The minimum absolute atomic E-state index is 0.392. The fourth-order valence-corrected chi connectivity index (χ4v) is 1.23. The minimum Gasteiger partial charge on any atom is -0.382 e. The standard InChI is InChI=1S/C8H8ClN5/c1-5-7(9)8(10)14(13-5)6-2-3-11-4-12-6/h2-4H,10H2,1H3. The van der Waals surface area contributed by atoms with Crippen molar-refractivity contribution in [3.8, 4) is 5.82 Å². The van der Waals surface area contributed by atoms with Crippen molar-refractivity contribution in [2.75, 3.05) is 5.73 Å². The van der Waals surface area contributed by atoms with Gasteiger partial charge in [-0.1, -0.05) is 11.6 Å². The summed E-state index contributed by atoms with van der Waals surface area (Å²) >= 11 is 5.90. The Bertz CT molecular complexity index is 450. The lowest BCUT2D eigenvalue weighted by molar-refractivity contribution is 0.835. The van der Waals surface area contributed by atoms with Gasteiger partial charge in [0.2, 0.25) is 0 Å². The Morgan fingerprint density at radius 3 is 2.79 bits per heavy atom. The molecule has 0 bridgehead atoms. The third-order valence-corrected chi connectivity index (χ3v) is 2.27. The van der Waals surface area contributed by atoms with E-state index in [1.165, 1.54) is 11.0 Å². The fraction of sp³-hybridized carbons (Fsp3) is 0.125. The Balaban J connectivity index is 2.58. The van der Waals surface area contributed by atoms with Crippen LogP contribution in [0.15, 0.2) is 18.6 Å². The van der Waals surface area contributed by atoms with E-state index in [1.54, 1.807) is 19.2 Å². The highest BCUT2D eigenvalue weighted by molar-refractivity contribution is 6.33. The summed E-state index contributed by atoms with van der Waals surface area (Å²) in [4.78, 5) is 7.82. The molecular formula is C8H8ClN5. The highest BCUT2D eigenvalue weighted by Crippen LogP contribution is 2.23. The van der Waals surface area contributed by atoms with Gasteiger partial charge in [-0.2, -0.15) is 9.78 Å². The third kappa shape index (κ3) is 1.31. The molecule has 0 saturated carbocycles. The summed E-state index contributed by atoms with van der Waals surface area (Å²) in [6.07, 6.45) is 3.05. The molecule has 5 nitrogen and oxygen atoms in total. The number of aromatic nitrogens is 4. The quantitative estimate of drug-likeness (QED) is 0.767. The maximum atomic E-state index is 5.90. The third-order valence-electron chi connectivity index (χ3n) is 1.80. The first kappa shape index (κ1) is 8.96. The number of hydrogen-bond donors (Lipinski definition) is 1. The van der Waals surface area contributed by atoms with Crippen molar-refractivity contribution in [3.05, 3.63) is 29.3 Å². The molecule has 0 atom stereocenters. The summed E-state index contributed by atoms with van der Waals surface area (Å²) in [5.41, 5.74) is 6.43. The van der Waals surface area contributed by atoms with Crippen molar-refractivity contribution in [1.29, 1.82) is 0 Å². The Labute approximate surface area is 85.5 Å². The zero-order chi connectivity index (χ0) is 10.1. The first-order chi connectivity index (χ1) is 6.70. The summed E-state index contributed by atoms with van der Waals surface area (Å²) in [7, 11) is 0. The number of nitrogen functional groups attached to an aromatic ring is 1. The van der Waals surface area contributed by atoms with Gasteiger partial charge >= 0.3 is 0 Å². The molecule has 6 heteroatoms. The largest absolute Gasteiger partial charge is 0.382 e. The van der Waals surface area contributed by atoms with Crippen LogP contribution < -0.4 is 5.73 Å². The molecule has 14 heavy (non-hydrogen) atoms. The van der Waals surface area contributed by atoms with Gasteiger partial charge < -0.3 is 5.73 Å². The number of nitrogens with two attached hydrogens (primary N) is 1. The van der Waals surface area contributed by atoms with E-state index in [-0.39, 0.29) is 0 Å². The van der Waals surface area contributed by atoms with Crippen LogP contribution in [0.3, 0.4) is 0 Å². The van der Waals surface area contributed by atoms with E-state index in [4.69, 9.17) is 17.3 Å². The minimum atomic E-state index is 0.392. The predicted molar refractivity (Wildman–Crippen MR) is 53.3 cm³/mol. The first-order valence-electron chi connectivity index (χ1n) is 3.97. The fourth-order valence-electron chi connectivity index (χ4n) is 1.11. The first-order valence-corrected chi connectivity index (χ1v) is 4.35. The van der Waals surface area contributed by atoms with Crippen LogP contribution in [-0.2, 0) is 0 Å². The summed E-state index contributed by atoms with van der Waals surface area (Å²) in [5, 5.41) is 4.61. The summed E-state index contributed by atoms with van der Waals surface area (Å²) in [6, 6.07) is 1.71. The second kappa shape index (κ2) is 3.26. The molecule has 2 rings (SSSR count). The number of nitrogens with zero attached hydrogens (tertiary/aromatic N) is 4. The molecule has 0 fully saturated rings. The number of rotatable bonds is 1. The van der Waals surface area contributed by atoms with Crippen LogP contribution in [0, 0.1) is 6.92 Å². The van der Waals surface area contributed by atoms with Gasteiger partial charge in [0.1, 0.15) is 17.2 Å². The average molecular weight is 210 g/mol. The molecule has 2 heterocycles. The normalized spacial score (nSPS) is 10.4. The molecule has 0 spiro atoms. The summed E-state index contributed by atoms with van der Waals surface area (Å²) in [6.45, 7) is 1.79. The highest BCUT2D eigenvalue weighted by Gasteiger charge is 2.11. The lowest BCUT2D eigenvalue weighted by atomic mass is 10.5. The molecule has 0 amide bonds. The number of hydrogen-bond acceptors (Lipinski definition) is 4. The van der Waals surface area contributed by atoms with Crippen LogP contribution in [0.5, 0.6) is 0 Å². The smallest absolute Gasteiger partial charge is 0.159 e. The number of anilines is 1. The molecule has 0 saturated heterocycles. The van der Waals surface area contributed by atoms with Gasteiger partial charge in [0.25, 0.3) is 0 Å². The summed E-state index contributed by atoms with van der Waals surface area (Å²) in [5.74, 6) is 0.996. The van der Waals surface area contributed by atoms with Crippen LogP contribution in [0.2, 0.25) is 5.02 Å². The second-order valence-corrected chi connectivity index (χ2v) is 3.14. The Morgan fingerprint density at radius 2 is 2.29 bits per heavy atom. The summed E-state index contributed by atoms with van der Waals surface area (Å²) < 4.78 is 1.49. The molecule has 0 aliphatic heterocycles. The number of halogens is 1. The van der Waals surface area contributed by atoms with Crippen LogP contribution >= 0.6 is 11.6 Å². The van der Waals surface area contributed by atoms with Gasteiger partial charge in [0.05, 0.1) is 5.69 Å². The van der Waals surface area contributed by atoms with Gasteiger partial charge in [-0.3, -0.25) is 0 Å². The van der Waals surface area contributed by atoms with Gasteiger partial charge in [0, 0.05) is 12.3 Å². The van der Waals surface area contributed by atoms with Gasteiger partial charge in [-0.05, 0) is 6.92 Å². The van der Waals surface area contributed by atoms with Gasteiger partial charge in [-0.25, -0.2) is 9.97 Å². The molecule has 72 valence electrons. The molecule has 2 N–H and O–H groups in total. The molecule has 0 aliphatic rings. The van der Waals surface area contributed by atoms with Crippen molar-refractivity contribution in [2.45, 2.75) is 6.92 Å². The maximum Gasteiger partial charge on any atom is 0.159 e. The van der Waals surface area contributed by atoms with Crippen molar-refractivity contribution in [2.24, 2.45) is 0 Å². The van der Waals surface area contributed by atoms with E-state index in [9.17, 15) is 0 Å². The number of aryl methyl sites for hydroxylation is 1. The molecule has 2 aromatic rings. The van der Waals surface area contributed by atoms with Crippen LogP contribution in [0.25, 0.3) is 5.82 Å². The highest BCUT2D eigenvalue weighted by atomic mass is 35.5. The predicted octanol–water partition coefficient (Wildman–Crippen LogP) is 1.21. The average Bonchev–Trinajstić information content (AvgIpc) is 2.47. The van der Waals surface area contributed by atoms with E-state index in [2.05, 4.69) is 15.1 Å². The molecule has 0 unspecified atom stereocenters. The Hall–Kier alpha value is -1.62. The zero-order valence-corrected chi connectivity index (χ0v) is 8.23. The van der Waals surface area contributed by atoms with Crippen molar-refractivity contribution >= 4 is 17.4 Å². The van der Waals surface area contributed by atoms with Crippen LogP contribution in [-0.4, -0.2) is 19.7 Å². The molecule has 0 aromatic carbocycles. The monoisotopic (exact) mass is 209 g/mol. The van der Waals surface area contributed by atoms with E-state index in [1.807, 2.05) is 0 Å². The zero-order valence-electron chi connectivity index (χ0n) is 7.48. The Morgan fingerprint density at radius 1 is 1.50 bits per heavy atom.